The van der Waals surface area contributed by atoms with Crippen molar-refractivity contribution < 1.29 is 23.9 Å². The number of carbonyl (C=O) groups is 3. The zero-order chi connectivity index (χ0) is 19.1. The van der Waals surface area contributed by atoms with Crippen LogP contribution in [0.1, 0.15) is 55.4 Å². The van der Waals surface area contributed by atoms with E-state index in [9.17, 15) is 19.5 Å². The van der Waals surface area contributed by atoms with E-state index in [0.29, 0.717) is 36.1 Å². The van der Waals surface area contributed by atoms with E-state index in [1.165, 1.54) is 6.07 Å². The van der Waals surface area contributed by atoms with Crippen LogP contribution in [0, 0.1) is 6.92 Å². The summed E-state index contributed by atoms with van der Waals surface area (Å²) in [5, 5.41) is 13.7. The molecular formula is C21H17NO5. The van der Waals surface area contributed by atoms with Gasteiger partial charge < -0.3 is 14.8 Å². The Hall–Kier alpha value is -3.41. The molecular weight excluding hydrogens is 346 g/mol. The molecule has 3 aromatic rings. The van der Waals surface area contributed by atoms with E-state index in [2.05, 4.69) is 5.32 Å². The zero-order valence-corrected chi connectivity index (χ0v) is 14.7. The smallest absolute Gasteiger partial charge is 0.337 e. The Bertz CT molecular complexity index is 1110. The van der Waals surface area contributed by atoms with Gasteiger partial charge in [0, 0.05) is 18.4 Å². The fourth-order valence-corrected chi connectivity index (χ4v) is 3.56. The van der Waals surface area contributed by atoms with Crippen LogP contribution in [0.15, 0.2) is 40.8 Å². The van der Waals surface area contributed by atoms with Crippen molar-refractivity contribution in [3.8, 4) is 0 Å². The van der Waals surface area contributed by atoms with Gasteiger partial charge in [0.2, 0.25) is 0 Å². The molecule has 2 aromatic carbocycles. The first-order valence-corrected chi connectivity index (χ1v) is 8.68. The predicted molar refractivity (Wildman–Crippen MR) is 99.6 cm³/mol. The van der Waals surface area contributed by atoms with Crippen molar-refractivity contribution in [2.45, 2.75) is 26.2 Å². The Morgan fingerprint density at radius 2 is 1.81 bits per heavy atom. The molecule has 0 atom stereocenters. The lowest BCUT2D eigenvalue weighted by molar-refractivity contribution is 0.0698. The molecule has 1 aliphatic carbocycles. The van der Waals surface area contributed by atoms with Crippen molar-refractivity contribution >= 4 is 34.1 Å². The van der Waals surface area contributed by atoms with Crippen LogP contribution in [0.5, 0.6) is 0 Å². The van der Waals surface area contributed by atoms with Crippen LogP contribution in [0.25, 0.3) is 10.8 Å². The number of hydrogen-bond acceptors (Lipinski definition) is 4. The number of fused-ring (bicyclic) bond motifs is 2. The summed E-state index contributed by atoms with van der Waals surface area (Å²) in [4.78, 5) is 36.5. The van der Waals surface area contributed by atoms with Crippen molar-refractivity contribution in [3.63, 3.8) is 0 Å². The third-order valence-corrected chi connectivity index (χ3v) is 4.88. The Labute approximate surface area is 154 Å². The molecule has 27 heavy (non-hydrogen) atoms. The maximum Gasteiger partial charge on any atom is 0.337 e. The zero-order valence-electron chi connectivity index (χ0n) is 14.7. The average molecular weight is 363 g/mol. The molecule has 1 aliphatic rings. The number of aromatic carboxylic acids is 1. The molecule has 0 aliphatic heterocycles. The van der Waals surface area contributed by atoms with Gasteiger partial charge >= 0.3 is 5.97 Å². The van der Waals surface area contributed by atoms with Crippen LogP contribution in [0.3, 0.4) is 0 Å². The number of carboxylic acid groups (broad SMARTS) is 1. The van der Waals surface area contributed by atoms with Gasteiger partial charge in [0.05, 0.1) is 16.8 Å². The fourth-order valence-electron chi connectivity index (χ4n) is 3.56. The second-order valence-corrected chi connectivity index (χ2v) is 6.64. The minimum Gasteiger partial charge on any atom is -0.478 e. The predicted octanol–water partition coefficient (Wildman–Crippen LogP) is 4.21. The number of ketones is 1. The normalized spacial score (nSPS) is 13.4. The van der Waals surface area contributed by atoms with Gasteiger partial charge in [0.1, 0.15) is 5.76 Å². The highest BCUT2D eigenvalue weighted by molar-refractivity contribution is 6.11. The molecule has 0 fully saturated rings. The molecule has 0 unspecified atom stereocenters. The van der Waals surface area contributed by atoms with Crippen LogP contribution in [0.2, 0.25) is 0 Å². The first kappa shape index (κ1) is 17.0. The standard InChI is InChI=1S/C21H17NO5/c1-11-18-16(23)7-4-8-17(18)27-19(11)20(24)22-15-10-13-6-3-2-5-12(13)9-14(15)21(25)26/h2-3,5-6,9-10H,4,7-8H2,1H3,(H,22,24)(H,25,26). The monoisotopic (exact) mass is 363 g/mol. The molecule has 0 spiro atoms. The van der Waals surface area contributed by atoms with E-state index < -0.39 is 11.9 Å². The number of hydrogen-bond donors (Lipinski definition) is 2. The first-order valence-electron chi connectivity index (χ1n) is 8.68. The van der Waals surface area contributed by atoms with E-state index in [4.69, 9.17) is 4.42 Å². The highest BCUT2D eigenvalue weighted by Crippen LogP contribution is 2.31. The minimum absolute atomic E-state index is 0.00732. The molecule has 0 saturated heterocycles. The van der Waals surface area contributed by atoms with Gasteiger partial charge in [0.15, 0.2) is 11.5 Å². The average Bonchev–Trinajstić information content (AvgIpc) is 2.99. The molecule has 4 rings (SSSR count). The molecule has 6 heteroatoms. The molecule has 136 valence electrons. The maximum absolute atomic E-state index is 12.8. The second kappa shape index (κ2) is 6.39. The Morgan fingerprint density at radius 1 is 1.11 bits per heavy atom. The first-order chi connectivity index (χ1) is 13.0. The highest BCUT2D eigenvalue weighted by Gasteiger charge is 2.29. The van der Waals surface area contributed by atoms with Crippen molar-refractivity contribution in [3.05, 3.63) is 64.6 Å². The highest BCUT2D eigenvalue weighted by atomic mass is 16.4. The molecule has 2 N–H and O–H groups in total. The number of anilines is 1. The second-order valence-electron chi connectivity index (χ2n) is 6.64. The van der Waals surface area contributed by atoms with Gasteiger partial charge in [-0.1, -0.05) is 24.3 Å². The van der Waals surface area contributed by atoms with Gasteiger partial charge in [-0.25, -0.2) is 4.79 Å². The Balaban J connectivity index is 1.74. The van der Waals surface area contributed by atoms with Crippen LogP contribution in [-0.4, -0.2) is 22.8 Å². The number of Topliss-reactive ketones (excluding diaryl/α,β-unsaturated/α-hetero) is 1. The van der Waals surface area contributed by atoms with Gasteiger partial charge in [-0.15, -0.1) is 0 Å². The molecule has 1 amide bonds. The summed E-state index contributed by atoms with van der Waals surface area (Å²) in [6, 6.07) is 10.5. The summed E-state index contributed by atoms with van der Waals surface area (Å²) in [7, 11) is 0. The Morgan fingerprint density at radius 3 is 2.48 bits per heavy atom. The summed E-state index contributed by atoms with van der Waals surface area (Å²) < 4.78 is 5.65. The molecule has 0 bridgehead atoms. The number of amides is 1. The Kier molecular flexibility index (Phi) is 4.03. The SMILES string of the molecule is Cc1c(C(=O)Nc2cc3ccccc3cc2C(=O)O)oc2c1C(=O)CCC2. The van der Waals surface area contributed by atoms with Crippen molar-refractivity contribution in [1.29, 1.82) is 0 Å². The minimum atomic E-state index is -1.14. The van der Waals surface area contributed by atoms with Crippen molar-refractivity contribution in [2.75, 3.05) is 5.32 Å². The van der Waals surface area contributed by atoms with Gasteiger partial charge in [-0.05, 0) is 36.2 Å². The summed E-state index contributed by atoms with van der Waals surface area (Å²) in [6.45, 7) is 1.68. The van der Waals surface area contributed by atoms with Gasteiger partial charge in [-0.3, -0.25) is 9.59 Å². The third kappa shape index (κ3) is 2.89. The summed E-state index contributed by atoms with van der Waals surface area (Å²) in [5.74, 6) is -1.13. The third-order valence-electron chi connectivity index (χ3n) is 4.88. The summed E-state index contributed by atoms with van der Waals surface area (Å²) >= 11 is 0. The van der Waals surface area contributed by atoms with E-state index in [0.717, 1.165) is 10.8 Å². The van der Waals surface area contributed by atoms with E-state index in [1.54, 1.807) is 13.0 Å². The number of carboxylic acids is 1. The quantitative estimate of drug-likeness (QED) is 0.726. The number of aryl methyl sites for hydroxylation is 1. The molecule has 6 nitrogen and oxygen atoms in total. The number of nitrogens with one attached hydrogen (secondary N) is 1. The lowest BCUT2D eigenvalue weighted by Gasteiger charge is -2.10. The van der Waals surface area contributed by atoms with Crippen LogP contribution in [0.4, 0.5) is 5.69 Å². The molecule has 0 saturated carbocycles. The number of benzene rings is 2. The molecule has 0 radical (unpaired) electrons. The maximum atomic E-state index is 12.8. The number of furan rings is 1. The largest absolute Gasteiger partial charge is 0.478 e. The van der Waals surface area contributed by atoms with Crippen LogP contribution >= 0.6 is 0 Å². The molecule has 1 aromatic heterocycles. The number of carbonyl (C=O) groups excluding carboxylic acids is 2. The van der Waals surface area contributed by atoms with Gasteiger partial charge in [-0.2, -0.15) is 0 Å². The number of rotatable bonds is 3. The van der Waals surface area contributed by atoms with Crippen LogP contribution in [-0.2, 0) is 6.42 Å². The van der Waals surface area contributed by atoms with Crippen LogP contribution < -0.4 is 5.32 Å². The summed E-state index contributed by atoms with van der Waals surface area (Å²) in [6.07, 6.45) is 1.77. The lowest BCUT2D eigenvalue weighted by atomic mass is 9.94. The summed E-state index contributed by atoms with van der Waals surface area (Å²) in [5.41, 5.74) is 1.17. The van der Waals surface area contributed by atoms with Gasteiger partial charge in [0.25, 0.3) is 5.91 Å². The van der Waals surface area contributed by atoms with E-state index in [-0.39, 0.29) is 22.8 Å². The topological polar surface area (TPSA) is 96.6 Å². The van der Waals surface area contributed by atoms with E-state index in [1.807, 2.05) is 24.3 Å². The van der Waals surface area contributed by atoms with Crippen molar-refractivity contribution in [1.82, 2.24) is 0 Å². The molecule has 1 heterocycles. The van der Waals surface area contributed by atoms with Crippen molar-refractivity contribution in [2.24, 2.45) is 0 Å². The van der Waals surface area contributed by atoms with E-state index >= 15 is 0 Å². The lowest BCUT2D eigenvalue weighted by Crippen LogP contribution is -2.15. The fraction of sp³-hybridized carbons (Fsp3) is 0.190.